The molecule has 3 aromatic rings. The van der Waals surface area contributed by atoms with Crippen molar-refractivity contribution in [3.63, 3.8) is 0 Å². The zero-order valence-corrected chi connectivity index (χ0v) is 21.3. The third kappa shape index (κ3) is 5.41. The Balaban J connectivity index is 1.35. The maximum atomic E-state index is 12.6. The van der Waals surface area contributed by atoms with Gasteiger partial charge in [-0.05, 0) is 42.5 Å². The minimum absolute atomic E-state index is 0.120. The fourth-order valence-corrected chi connectivity index (χ4v) is 6.23. The molecule has 6 nitrogen and oxygen atoms in total. The van der Waals surface area contributed by atoms with Crippen molar-refractivity contribution in [3.8, 4) is 0 Å². The molecule has 0 radical (unpaired) electrons. The number of carbonyl (C=O) groups is 2. The minimum atomic E-state index is -0.373. The van der Waals surface area contributed by atoms with E-state index in [1.54, 1.807) is 23.5 Å². The monoisotopic (exact) mass is 501 g/mol. The third-order valence-electron chi connectivity index (χ3n) is 7.13. The molecule has 1 fully saturated rings. The lowest BCUT2D eigenvalue weighted by molar-refractivity contribution is 0.0472. The molecule has 36 heavy (non-hydrogen) atoms. The molecule has 7 heteroatoms. The van der Waals surface area contributed by atoms with E-state index in [1.807, 2.05) is 49.4 Å². The van der Waals surface area contributed by atoms with Gasteiger partial charge in [-0.25, -0.2) is 19.6 Å². The predicted molar refractivity (Wildman–Crippen MR) is 142 cm³/mol. The standard InChI is InChI=1S/C29H31N3O3S/c1-2-23-25(27-30-24(18-36-27)20-11-7-4-8-12-20)26(32-29(34)31-23)21-13-15-22(16-14-21)28(33)35-17-19-9-5-3-6-10-19/h3,5-6,9-10,13-16,18,20,25-26H,2,4,7-8,11-12,17H2,1H3,(H,32,34). The van der Waals surface area contributed by atoms with Crippen LogP contribution in [0.5, 0.6) is 0 Å². The number of amides is 2. The van der Waals surface area contributed by atoms with E-state index in [4.69, 9.17) is 9.72 Å². The minimum Gasteiger partial charge on any atom is -0.457 e. The van der Waals surface area contributed by atoms with Crippen LogP contribution in [-0.4, -0.2) is 22.7 Å². The van der Waals surface area contributed by atoms with Crippen molar-refractivity contribution < 1.29 is 14.3 Å². The molecule has 2 atom stereocenters. The van der Waals surface area contributed by atoms with Gasteiger partial charge in [0.25, 0.3) is 0 Å². The average molecular weight is 502 g/mol. The Hall–Kier alpha value is -3.32. The first-order valence-corrected chi connectivity index (χ1v) is 13.6. The zero-order valence-electron chi connectivity index (χ0n) is 20.5. The van der Waals surface area contributed by atoms with Crippen molar-refractivity contribution in [3.05, 3.63) is 87.4 Å². The summed E-state index contributed by atoms with van der Waals surface area (Å²) in [4.78, 5) is 34.4. The number of urea groups is 1. The quantitative estimate of drug-likeness (QED) is 0.355. The lowest BCUT2D eigenvalue weighted by Gasteiger charge is -2.31. The van der Waals surface area contributed by atoms with Crippen molar-refractivity contribution in [2.24, 2.45) is 4.99 Å². The summed E-state index contributed by atoms with van der Waals surface area (Å²) in [6, 6.07) is 16.3. The Morgan fingerprint density at radius 2 is 1.81 bits per heavy atom. The average Bonchev–Trinajstić information content (AvgIpc) is 3.42. The van der Waals surface area contributed by atoms with Gasteiger partial charge in [0.2, 0.25) is 0 Å². The lowest BCUT2D eigenvalue weighted by atomic mass is 9.86. The topological polar surface area (TPSA) is 80.7 Å². The highest BCUT2D eigenvalue weighted by Gasteiger charge is 2.36. The highest BCUT2D eigenvalue weighted by molar-refractivity contribution is 7.09. The Kier molecular flexibility index (Phi) is 7.56. The number of hydrogen-bond acceptors (Lipinski definition) is 5. The molecule has 2 amide bonds. The predicted octanol–water partition coefficient (Wildman–Crippen LogP) is 6.95. The molecule has 1 N–H and O–H groups in total. The fraction of sp³-hybridized carbons (Fsp3) is 0.379. The number of hydrogen-bond donors (Lipinski definition) is 1. The Morgan fingerprint density at radius 3 is 2.53 bits per heavy atom. The molecule has 2 aliphatic rings. The number of esters is 1. The van der Waals surface area contributed by atoms with Gasteiger partial charge in [0.05, 0.1) is 23.2 Å². The molecule has 2 heterocycles. The molecule has 2 unspecified atom stereocenters. The van der Waals surface area contributed by atoms with Crippen LogP contribution in [0.1, 0.15) is 95.5 Å². The van der Waals surface area contributed by atoms with Gasteiger partial charge < -0.3 is 10.1 Å². The van der Waals surface area contributed by atoms with E-state index in [0.717, 1.165) is 21.8 Å². The molecule has 0 saturated heterocycles. The van der Waals surface area contributed by atoms with E-state index in [0.29, 0.717) is 17.9 Å². The summed E-state index contributed by atoms with van der Waals surface area (Å²) < 4.78 is 5.47. The molecule has 0 bridgehead atoms. The summed E-state index contributed by atoms with van der Waals surface area (Å²) in [7, 11) is 0. The fourth-order valence-electron chi connectivity index (χ4n) is 5.16. The first-order valence-electron chi connectivity index (χ1n) is 12.8. The Labute approximate surface area is 215 Å². The van der Waals surface area contributed by atoms with Crippen molar-refractivity contribution in [1.29, 1.82) is 0 Å². The number of carbonyl (C=O) groups excluding carboxylic acids is 2. The van der Waals surface area contributed by atoms with Gasteiger partial charge in [0.15, 0.2) is 0 Å². The maximum absolute atomic E-state index is 12.6. The lowest BCUT2D eigenvalue weighted by Crippen LogP contribution is -2.39. The Bertz CT molecular complexity index is 1230. The van der Waals surface area contributed by atoms with Crippen molar-refractivity contribution >= 4 is 29.0 Å². The van der Waals surface area contributed by atoms with Gasteiger partial charge in [-0.15, -0.1) is 11.3 Å². The van der Waals surface area contributed by atoms with Gasteiger partial charge in [-0.1, -0.05) is 68.7 Å². The van der Waals surface area contributed by atoms with Gasteiger partial charge in [0, 0.05) is 17.0 Å². The van der Waals surface area contributed by atoms with Crippen molar-refractivity contribution in [2.75, 3.05) is 0 Å². The highest BCUT2D eigenvalue weighted by Crippen LogP contribution is 2.40. The van der Waals surface area contributed by atoms with Crippen LogP contribution in [0.4, 0.5) is 4.79 Å². The van der Waals surface area contributed by atoms with E-state index in [-0.39, 0.29) is 30.6 Å². The highest BCUT2D eigenvalue weighted by atomic mass is 32.1. The van der Waals surface area contributed by atoms with Crippen LogP contribution in [0.15, 0.2) is 65.0 Å². The van der Waals surface area contributed by atoms with E-state index in [2.05, 4.69) is 15.7 Å². The molecular weight excluding hydrogens is 470 g/mol. The van der Waals surface area contributed by atoms with E-state index >= 15 is 0 Å². The van der Waals surface area contributed by atoms with Gasteiger partial charge >= 0.3 is 12.0 Å². The van der Waals surface area contributed by atoms with Crippen LogP contribution in [0.25, 0.3) is 0 Å². The van der Waals surface area contributed by atoms with E-state index in [1.165, 1.54) is 37.8 Å². The van der Waals surface area contributed by atoms with Crippen molar-refractivity contribution in [1.82, 2.24) is 10.3 Å². The molecule has 2 aromatic carbocycles. The second kappa shape index (κ2) is 11.2. The molecule has 1 aliphatic heterocycles. The summed E-state index contributed by atoms with van der Waals surface area (Å²) in [5.41, 5.74) is 4.37. The van der Waals surface area contributed by atoms with Crippen LogP contribution in [0.3, 0.4) is 0 Å². The van der Waals surface area contributed by atoms with E-state index < -0.39 is 0 Å². The number of aliphatic imine (C=N–C) groups is 1. The number of nitrogens with one attached hydrogen (secondary N) is 1. The summed E-state index contributed by atoms with van der Waals surface area (Å²) in [5, 5.41) is 6.24. The van der Waals surface area contributed by atoms with Gasteiger partial charge in [-0.3, -0.25) is 0 Å². The molecular formula is C29H31N3O3S. The van der Waals surface area contributed by atoms with Crippen LogP contribution in [0.2, 0.25) is 0 Å². The number of nitrogens with zero attached hydrogens (tertiary/aromatic N) is 2. The van der Waals surface area contributed by atoms with Crippen LogP contribution < -0.4 is 5.32 Å². The Morgan fingerprint density at radius 1 is 1.06 bits per heavy atom. The van der Waals surface area contributed by atoms with Crippen LogP contribution in [-0.2, 0) is 11.3 Å². The van der Waals surface area contributed by atoms with Gasteiger partial charge in [-0.2, -0.15) is 0 Å². The third-order valence-corrected chi connectivity index (χ3v) is 8.07. The molecule has 1 aliphatic carbocycles. The number of thiazole rings is 1. The molecule has 186 valence electrons. The maximum Gasteiger partial charge on any atom is 0.341 e. The largest absolute Gasteiger partial charge is 0.457 e. The smallest absolute Gasteiger partial charge is 0.341 e. The summed E-state index contributed by atoms with van der Waals surface area (Å²) in [6.07, 6.45) is 6.92. The van der Waals surface area contributed by atoms with Crippen LogP contribution >= 0.6 is 11.3 Å². The normalized spacial score (nSPS) is 20.5. The molecule has 0 spiro atoms. The number of ether oxygens (including phenoxy) is 1. The first-order chi connectivity index (χ1) is 17.6. The summed E-state index contributed by atoms with van der Waals surface area (Å²) in [5.74, 6) is 0.0389. The molecule has 1 aromatic heterocycles. The summed E-state index contributed by atoms with van der Waals surface area (Å²) in [6.45, 7) is 2.26. The van der Waals surface area contributed by atoms with E-state index in [9.17, 15) is 9.59 Å². The molecule has 1 saturated carbocycles. The second-order valence-electron chi connectivity index (χ2n) is 9.49. The van der Waals surface area contributed by atoms with Crippen LogP contribution in [0, 0.1) is 0 Å². The number of rotatable bonds is 7. The number of benzene rings is 2. The SMILES string of the molecule is CCC1=NC(=O)NC(c2ccc(C(=O)OCc3ccccc3)cc2)C1c1nc(C2CCCCC2)cs1. The number of aromatic nitrogens is 1. The zero-order chi connectivity index (χ0) is 24.9. The van der Waals surface area contributed by atoms with Crippen molar-refractivity contribution in [2.45, 2.75) is 69.9 Å². The second-order valence-corrected chi connectivity index (χ2v) is 10.4. The molecule has 5 rings (SSSR count). The first kappa shape index (κ1) is 24.4. The summed E-state index contributed by atoms with van der Waals surface area (Å²) >= 11 is 1.66. The van der Waals surface area contributed by atoms with Gasteiger partial charge in [0.1, 0.15) is 11.6 Å².